The van der Waals surface area contributed by atoms with Gasteiger partial charge < -0.3 is 4.90 Å². The van der Waals surface area contributed by atoms with Crippen molar-refractivity contribution in [3.63, 3.8) is 0 Å². The number of carbonyl (C=O) groups excluding carboxylic acids is 1. The molecule has 0 spiro atoms. The lowest BCUT2D eigenvalue weighted by Crippen LogP contribution is -2.57. The van der Waals surface area contributed by atoms with Gasteiger partial charge in [-0.2, -0.15) is 0 Å². The molecule has 1 aliphatic heterocycles. The van der Waals surface area contributed by atoms with Crippen molar-refractivity contribution in [2.24, 2.45) is 0 Å². The molecule has 1 rings (SSSR count). The molecule has 0 aliphatic carbocycles. The lowest BCUT2D eigenvalue weighted by atomic mass is 10.1. The van der Waals surface area contributed by atoms with Gasteiger partial charge in [0.05, 0.1) is 6.04 Å². The van der Waals surface area contributed by atoms with Crippen LogP contribution in [-0.2, 0) is 4.79 Å². The summed E-state index contributed by atoms with van der Waals surface area (Å²) in [4.78, 5) is 16.2. The van der Waals surface area contributed by atoms with Crippen molar-refractivity contribution >= 4 is 5.91 Å². The first-order chi connectivity index (χ1) is 6.93. The van der Waals surface area contributed by atoms with Gasteiger partial charge in [-0.05, 0) is 27.7 Å². The van der Waals surface area contributed by atoms with E-state index in [2.05, 4.69) is 25.3 Å². The second-order valence-corrected chi connectivity index (χ2v) is 4.73. The van der Waals surface area contributed by atoms with Gasteiger partial charge in [0.15, 0.2) is 0 Å². The van der Waals surface area contributed by atoms with Crippen LogP contribution in [0.4, 0.5) is 0 Å². The van der Waals surface area contributed by atoms with Crippen LogP contribution in [0.15, 0.2) is 12.2 Å². The molecule has 0 bridgehead atoms. The average Bonchev–Trinajstić information content (AvgIpc) is 2.12. The maximum absolute atomic E-state index is 12.0. The SMILES string of the molecule is C=C(C)CN1CCN(C(C)C)C(=O)C1C. The summed E-state index contributed by atoms with van der Waals surface area (Å²) in [6, 6.07) is 0.310. The number of nitrogens with zero attached hydrogens (tertiary/aromatic N) is 2. The van der Waals surface area contributed by atoms with E-state index in [1.54, 1.807) is 0 Å². The van der Waals surface area contributed by atoms with Crippen molar-refractivity contribution in [1.29, 1.82) is 0 Å². The number of hydrogen-bond donors (Lipinski definition) is 0. The fourth-order valence-electron chi connectivity index (χ4n) is 2.01. The zero-order valence-corrected chi connectivity index (χ0v) is 10.3. The Morgan fingerprint density at radius 2 is 2.13 bits per heavy atom. The van der Waals surface area contributed by atoms with E-state index >= 15 is 0 Å². The summed E-state index contributed by atoms with van der Waals surface area (Å²) >= 11 is 0. The Bertz CT molecular complexity index is 260. The molecule has 1 saturated heterocycles. The topological polar surface area (TPSA) is 23.6 Å². The van der Waals surface area contributed by atoms with Crippen LogP contribution in [0.3, 0.4) is 0 Å². The summed E-state index contributed by atoms with van der Waals surface area (Å²) in [6.07, 6.45) is 0. The number of amides is 1. The maximum Gasteiger partial charge on any atom is 0.239 e. The Labute approximate surface area is 92.7 Å². The molecule has 3 heteroatoms. The predicted octanol–water partition coefficient (Wildman–Crippen LogP) is 1.50. The fraction of sp³-hybridized carbons (Fsp3) is 0.750. The summed E-state index contributed by atoms with van der Waals surface area (Å²) < 4.78 is 0. The van der Waals surface area contributed by atoms with E-state index in [1.807, 2.05) is 18.7 Å². The maximum atomic E-state index is 12.0. The summed E-state index contributed by atoms with van der Waals surface area (Å²) in [5.74, 6) is 0.248. The third kappa shape index (κ3) is 2.81. The first-order valence-electron chi connectivity index (χ1n) is 5.62. The van der Waals surface area contributed by atoms with Crippen molar-refractivity contribution in [2.45, 2.75) is 39.8 Å². The summed E-state index contributed by atoms with van der Waals surface area (Å²) in [6.45, 7) is 14.7. The number of piperazine rings is 1. The standard InChI is InChI=1S/C12H22N2O/c1-9(2)8-13-6-7-14(10(3)4)12(15)11(13)5/h10-11H,1,6-8H2,2-5H3. The molecule has 1 heterocycles. The van der Waals surface area contributed by atoms with Crippen molar-refractivity contribution in [3.05, 3.63) is 12.2 Å². The molecule has 1 unspecified atom stereocenters. The molecule has 0 aromatic carbocycles. The molecular weight excluding hydrogens is 188 g/mol. The molecule has 0 saturated carbocycles. The van der Waals surface area contributed by atoms with Crippen LogP contribution in [0.1, 0.15) is 27.7 Å². The lowest BCUT2D eigenvalue weighted by Gasteiger charge is -2.41. The summed E-state index contributed by atoms with van der Waals surface area (Å²) in [5.41, 5.74) is 1.12. The Balaban J connectivity index is 2.64. The van der Waals surface area contributed by atoms with Crippen molar-refractivity contribution in [3.8, 4) is 0 Å². The number of hydrogen-bond acceptors (Lipinski definition) is 2. The predicted molar refractivity (Wildman–Crippen MR) is 62.7 cm³/mol. The van der Waals surface area contributed by atoms with Gasteiger partial charge >= 0.3 is 0 Å². The first-order valence-corrected chi connectivity index (χ1v) is 5.62. The molecule has 0 aromatic heterocycles. The molecule has 3 nitrogen and oxygen atoms in total. The number of rotatable bonds is 3. The molecular formula is C12H22N2O. The summed E-state index contributed by atoms with van der Waals surface area (Å²) in [7, 11) is 0. The Hall–Kier alpha value is -0.830. The summed E-state index contributed by atoms with van der Waals surface area (Å²) in [5, 5.41) is 0. The van der Waals surface area contributed by atoms with Gasteiger partial charge in [0.1, 0.15) is 0 Å². The zero-order valence-electron chi connectivity index (χ0n) is 10.3. The normalized spacial score (nSPS) is 23.7. The molecule has 1 amide bonds. The fourth-order valence-corrected chi connectivity index (χ4v) is 2.01. The van der Waals surface area contributed by atoms with E-state index in [9.17, 15) is 4.79 Å². The van der Waals surface area contributed by atoms with Crippen LogP contribution in [0, 0.1) is 0 Å². The van der Waals surface area contributed by atoms with Crippen LogP contribution < -0.4 is 0 Å². The van der Waals surface area contributed by atoms with Gasteiger partial charge in [-0.1, -0.05) is 12.2 Å². The molecule has 1 atom stereocenters. The van der Waals surface area contributed by atoms with Gasteiger partial charge in [0.25, 0.3) is 0 Å². The van der Waals surface area contributed by atoms with Crippen LogP contribution in [0.2, 0.25) is 0 Å². The van der Waals surface area contributed by atoms with Gasteiger partial charge in [0, 0.05) is 25.7 Å². The third-order valence-corrected chi connectivity index (χ3v) is 2.91. The van der Waals surface area contributed by atoms with E-state index in [1.165, 1.54) is 0 Å². The van der Waals surface area contributed by atoms with Gasteiger partial charge in [-0.15, -0.1) is 0 Å². The van der Waals surface area contributed by atoms with Crippen LogP contribution in [0.25, 0.3) is 0 Å². The Kier molecular flexibility index (Phi) is 3.91. The van der Waals surface area contributed by atoms with E-state index in [-0.39, 0.29) is 11.9 Å². The van der Waals surface area contributed by atoms with Crippen LogP contribution >= 0.6 is 0 Å². The molecule has 1 fully saturated rings. The largest absolute Gasteiger partial charge is 0.338 e. The Morgan fingerprint density at radius 3 is 2.60 bits per heavy atom. The molecule has 86 valence electrons. The highest BCUT2D eigenvalue weighted by Gasteiger charge is 2.32. The molecule has 15 heavy (non-hydrogen) atoms. The van der Waals surface area contributed by atoms with E-state index in [4.69, 9.17) is 0 Å². The van der Waals surface area contributed by atoms with E-state index < -0.39 is 0 Å². The zero-order chi connectivity index (χ0) is 11.6. The monoisotopic (exact) mass is 210 g/mol. The third-order valence-electron chi connectivity index (χ3n) is 2.91. The van der Waals surface area contributed by atoms with Crippen molar-refractivity contribution < 1.29 is 4.79 Å². The highest BCUT2D eigenvalue weighted by molar-refractivity contribution is 5.82. The minimum atomic E-state index is -0.00199. The minimum absolute atomic E-state index is 0.00199. The molecule has 0 radical (unpaired) electrons. The van der Waals surface area contributed by atoms with Gasteiger partial charge in [-0.3, -0.25) is 9.69 Å². The van der Waals surface area contributed by atoms with Crippen LogP contribution in [-0.4, -0.2) is 47.4 Å². The second-order valence-electron chi connectivity index (χ2n) is 4.73. The lowest BCUT2D eigenvalue weighted by molar-refractivity contribution is -0.142. The number of carbonyl (C=O) groups is 1. The van der Waals surface area contributed by atoms with Crippen LogP contribution in [0.5, 0.6) is 0 Å². The molecule has 1 aliphatic rings. The Morgan fingerprint density at radius 1 is 1.53 bits per heavy atom. The van der Waals surface area contributed by atoms with Crippen molar-refractivity contribution in [2.75, 3.05) is 19.6 Å². The van der Waals surface area contributed by atoms with Crippen molar-refractivity contribution in [1.82, 2.24) is 9.80 Å². The smallest absolute Gasteiger partial charge is 0.239 e. The highest BCUT2D eigenvalue weighted by atomic mass is 16.2. The quantitative estimate of drug-likeness (QED) is 0.659. The molecule has 0 aromatic rings. The van der Waals surface area contributed by atoms with Gasteiger partial charge in [0.2, 0.25) is 5.91 Å². The van der Waals surface area contributed by atoms with Gasteiger partial charge in [-0.25, -0.2) is 0 Å². The molecule has 0 N–H and O–H groups in total. The second kappa shape index (κ2) is 4.79. The van der Waals surface area contributed by atoms with E-state index in [0.29, 0.717) is 6.04 Å². The average molecular weight is 210 g/mol. The first kappa shape index (κ1) is 12.2. The minimum Gasteiger partial charge on any atom is -0.338 e. The van der Waals surface area contributed by atoms with E-state index in [0.717, 1.165) is 25.2 Å². The highest BCUT2D eigenvalue weighted by Crippen LogP contribution is 2.14.